The monoisotopic (exact) mass is 244 g/mol. The van der Waals surface area contributed by atoms with Crippen LogP contribution in [0.4, 0.5) is 0 Å². The summed E-state index contributed by atoms with van der Waals surface area (Å²) in [5.41, 5.74) is 2.03. The summed E-state index contributed by atoms with van der Waals surface area (Å²) in [6.45, 7) is 6.15. The highest BCUT2D eigenvalue weighted by Gasteiger charge is 2.36. The van der Waals surface area contributed by atoms with Gasteiger partial charge in [-0.05, 0) is 49.8 Å². The Hall–Kier alpha value is -0.860. The van der Waals surface area contributed by atoms with Gasteiger partial charge in [-0.25, -0.2) is 0 Å². The predicted molar refractivity (Wildman–Crippen MR) is 75.5 cm³/mol. The molecule has 0 aromatic heterocycles. The smallest absolute Gasteiger partial charge is 0.0233 e. The maximum atomic E-state index is 3.60. The Balaban J connectivity index is 1.63. The zero-order valence-corrected chi connectivity index (χ0v) is 11.2. The van der Waals surface area contributed by atoms with Gasteiger partial charge in [-0.3, -0.25) is 4.90 Å². The third-order valence-electron chi connectivity index (χ3n) is 4.55. The highest BCUT2D eigenvalue weighted by molar-refractivity contribution is 5.14. The number of hydrogen-bond donors (Lipinski definition) is 1. The van der Waals surface area contributed by atoms with E-state index in [1.54, 1.807) is 0 Å². The first-order valence-corrected chi connectivity index (χ1v) is 7.33. The number of benzene rings is 1. The third-order valence-corrected chi connectivity index (χ3v) is 4.55. The molecule has 1 spiro atoms. The number of piperidine rings is 2. The molecular weight excluding hydrogens is 220 g/mol. The van der Waals surface area contributed by atoms with Crippen molar-refractivity contribution >= 4 is 0 Å². The number of nitrogens with zero attached hydrogens (tertiary/aromatic N) is 1. The molecule has 1 N–H and O–H groups in total. The highest BCUT2D eigenvalue weighted by atomic mass is 15.1. The van der Waals surface area contributed by atoms with Crippen molar-refractivity contribution in [2.24, 2.45) is 5.41 Å². The molecule has 0 amide bonds. The van der Waals surface area contributed by atoms with E-state index in [1.165, 1.54) is 57.4 Å². The van der Waals surface area contributed by atoms with E-state index in [0.717, 1.165) is 6.54 Å². The molecule has 2 nitrogen and oxygen atoms in total. The molecule has 0 aliphatic carbocycles. The molecule has 2 heterocycles. The van der Waals surface area contributed by atoms with E-state index in [9.17, 15) is 0 Å². The second kappa shape index (κ2) is 5.41. The van der Waals surface area contributed by atoms with Crippen LogP contribution in [0, 0.1) is 5.41 Å². The van der Waals surface area contributed by atoms with E-state index >= 15 is 0 Å². The zero-order valence-electron chi connectivity index (χ0n) is 11.2. The lowest BCUT2D eigenvalue weighted by molar-refractivity contribution is 0.0601. The molecule has 98 valence electrons. The first-order valence-electron chi connectivity index (χ1n) is 7.33. The van der Waals surface area contributed by atoms with E-state index in [1.807, 2.05) is 0 Å². The first kappa shape index (κ1) is 12.2. The maximum absolute atomic E-state index is 3.60. The summed E-state index contributed by atoms with van der Waals surface area (Å²) in [6.07, 6.45) is 5.57. The summed E-state index contributed by atoms with van der Waals surface area (Å²) in [5.74, 6) is 0. The SMILES string of the molecule is c1ccc(CN2CCCC3(CCCNC3)C2)cc1. The number of hydrogen-bond acceptors (Lipinski definition) is 2. The van der Waals surface area contributed by atoms with Crippen LogP contribution >= 0.6 is 0 Å². The molecule has 1 aromatic rings. The van der Waals surface area contributed by atoms with Crippen molar-refractivity contribution in [3.05, 3.63) is 35.9 Å². The van der Waals surface area contributed by atoms with Crippen LogP contribution in [0.25, 0.3) is 0 Å². The third kappa shape index (κ3) is 2.76. The van der Waals surface area contributed by atoms with Gasteiger partial charge in [0.25, 0.3) is 0 Å². The lowest BCUT2D eigenvalue weighted by Crippen LogP contribution is -2.50. The Morgan fingerprint density at radius 2 is 1.94 bits per heavy atom. The minimum atomic E-state index is 0.575. The normalized spacial score (nSPS) is 29.6. The summed E-state index contributed by atoms with van der Waals surface area (Å²) >= 11 is 0. The Labute approximate surface area is 110 Å². The van der Waals surface area contributed by atoms with Crippen LogP contribution in [0.2, 0.25) is 0 Å². The molecule has 1 aromatic carbocycles. The van der Waals surface area contributed by atoms with Crippen molar-refractivity contribution in [3.63, 3.8) is 0 Å². The fraction of sp³-hybridized carbons (Fsp3) is 0.625. The number of likely N-dealkylation sites (tertiary alicyclic amines) is 1. The van der Waals surface area contributed by atoms with E-state index in [-0.39, 0.29) is 0 Å². The van der Waals surface area contributed by atoms with Gasteiger partial charge < -0.3 is 5.32 Å². The molecule has 1 atom stereocenters. The largest absolute Gasteiger partial charge is 0.316 e. The fourth-order valence-electron chi connectivity index (χ4n) is 3.67. The molecule has 2 heteroatoms. The van der Waals surface area contributed by atoms with Crippen LogP contribution in [0.1, 0.15) is 31.2 Å². The second-order valence-corrected chi connectivity index (χ2v) is 6.08. The standard InChI is InChI=1S/C16H24N2/c1-2-6-15(7-3-1)12-18-11-5-9-16(14-18)8-4-10-17-13-16/h1-3,6-7,17H,4-5,8-14H2. The van der Waals surface area contributed by atoms with Gasteiger partial charge >= 0.3 is 0 Å². The van der Waals surface area contributed by atoms with Gasteiger partial charge in [0.2, 0.25) is 0 Å². The maximum Gasteiger partial charge on any atom is 0.0233 e. The van der Waals surface area contributed by atoms with Gasteiger partial charge in [0.05, 0.1) is 0 Å². The van der Waals surface area contributed by atoms with Gasteiger partial charge in [0.15, 0.2) is 0 Å². The quantitative estimate of drug-likeness (QED) is 0.860. The Bertz CT molecular complexity index is 362. The van der Waals surface area contributed by atoms with E-state index < -0.39 is 0 Å². The summed E-state index contributed by atoms with van der Waals surface area (Å²) < 4.78 is 0. The topological polar surface area (TPSA) is 15.3 Å². The summed E-state index contributed by atoms with van der Waals surface area (Å²) in [7, 11) is 0. The highest BCUT2D eigenvalue weighted by Crippen LogP contribution is 2.36. The van der Waals surface area contributed by atoms with Crippen molar-refractivity contribution in [3.8, 4) is 0 Å². The Morgan fingerprint density at radius 1 is 1.11 bits per heavy atom. The summed E-state index contributed by atoms with van der Waals surface area (Å²) in [5, 5.41) is 3.60. The molecule has 0 radical (unpaired) electrons. The molecule has 2 aliphatic rings. The van der Waals surface area contributed by atoms with Gasteiger partial charge in [-0.2, -0.15) is 0 Å². The lowest BCUT2D eigenvalue weighted by atomic mass is 9.74. The molecule has 2 saturated heterocycles. The molecule has 18 heavy (non-hydrogen) atoms. The van der Waals surface area contributed by atoms with E-state index in [0.29, 0.717) is 5.41 Å². The van der Waals surface area contributed by atoms with Gasteiger partial charge in [0.1, 0.15) is 0 Å². The molecule has 1 unspecified atom stereocenters. The zero-order chi connectivity index (χ0) is 12.3. The van der Waals surface area contributed by atoms with Gasteiger partial charge in [-0.15, -0.1) is 0 Å². The number of rotatable bonds is 2. The average Bonchev–Trinajstić information content (AvgIpc) is 2.41. The Morgan fingerprint density at radius 3 is 2.72 bits per heavy atom. The summed E-state index contributed by atoms with van der Waals surface area (Å²) in [4.78, 5) is 2.66. The van der Waals surface area contributed by atoms with Crippen LogP contribution in [0.15, 0.2) is 30.3 Å². The molecule has 3 rings (SSSR count). The van der Waals surface area contributed by atoms with Crippen LogP contribution in [-0.4, -0.2) is 31.1 Å². The molecule has 0 bridgehead atoms. The second-order valence-electron chi connectivity index (χ2n) is 6.08. The average molecular weight is 244 g/mol. The van der Waals surface area contributed by atoms with Crippen LogP contribution < -0.4 is 5.32 Å². The molecular formula is C16H24N2. The van der Waals surface area contributed by atoms with Crippen molar-refractivity contribution < 1.29 is 0 Å². The van der Waals surface area contributed by atoms with Gasteiger partial charge in [0, 0.05) is 19.6 Å². The van der Waals surface area contributed by atoms with Crippen molar-refractivity contribution in [2.75, 3.05) is 26.2 Å². The first-order chi connectivity index (χ1) is 8.86. The van der Waals surface area contributed by atoms with Crippen molar-refractivity contribution in [2.45, 2.75) is 32.2 Å². The van der Waals surface area contributed by atoms with Crippen LogP contribution in [0.5, 0.6) is 0 Å². The molecule has 2 fully saturated rings. The fourth-order valence-corrected chi connectivity index (χ4v) is 3.67. The molecule has 0 saturated carbocycles. The predicted octanol–water partition coefficient (Wildman–Crippen LogP) is 2.65. The molecule has 2 aliphatic heterocycles. The van der Waals surface area contributed by atoms with Crippen LogP contribution in [-0.2, 0) is 6.54 Å². The minimum Gasteiger partial charge on any atom is -0.316 e. The van der Waals surface area contributed by atoms with Crippen molar-refractivity contribution in [1.29, 1.82) is 0 Å². The van der Waals surface area contributed by atoms with Gasteiger partial charge in [-0.1, -0.05) is 30.3 Å². The lowest BCUT2D eigenvalue weighted by Gasteiger charge is -2.45. The van der Waals surface area contributed by atoms with Crippen LogP contribution in [0.3, 0.4) is 0 Å². The summed E-state index contributed by atoms with van der Waals surface area (Å²) in [6, 6.07) is 10.9. The van der Waals surface area contributed by atoms with E-state index in [4.69, 9.17) is 0 Å². The van der Waals surface area contributed by atoms with Crippen molar-refractivity contribution in [1.82, 2.24) is 10.2 Å². The van der Waals surface area contributed by atoms with E-state index in [2.05, 4.69) is 40.5 Å². The Kier molecular flexibility index (Phi) is 3.67. The minimum absolute atomic E-state index is 0.575. The number of nitrogens with one attached hydrogen (secondary N) is 1.